The summed E-state index contributed by atoms with van der Waals surface area (Å²) < 4.78 is 0. The van der Waals surface area contributed by atoms with E-state index in [0.717, 1.165) is 180 Å². The molecule has 0 heterocycles. The summed E-state index contributed by atoms with van der Waals surface area (Å²) in [6.45, 7) is 31.8. The topological polar surface area (TPSA) is 0 Å². The molecule has 13 aromatic carbocycles. The minimum absolute atomic E-state index is 0. The minimum Gasteiger partial charge on any atom is -0.0985 e. The van der Waals surface area contributed by atoms with Gasteiger partial charge in [-0.1, -0.05) is 305 Å². The highest BCUT2D eigenvalue weighted by molar-refractivity contribution is 5.87. The fraction of sp³-hybridized carbons (Fsp3) is 0.106. The van der Waals surface area contributed by atoms with Crippen molar-refractivity contribution in [2.45, 2.75) is 91.5 Å². The van der Waals surface area contributed by atoms with Crippen LogP contribution in [-0.4, -0.2) is 0 Å². The van der Waals surface area contributed by atoms with Crippen LogP contribution in [0.1, 0.15) is 153 Å². The lowest BCUT2D eigenvalue weighted by molar-refractivity contribution is 1.50. The first-order valence-corrected chi connectivity index (χ1v) is 41.8. The molecule has 0 radical (unpaired) electrons. The average molecular weight is 1600 g/mol. The van der Waals surface area contributed by atoms with Gasteiger partial charge in [0.1, 0.15) is 0 Å². The van der Waals surface area contributed by atoms with Crippen molar-refractivity contribution in [1.29, 1.82) is 0 Å². The van der Waals surface area contributed by atoms with E-state index in [1.807, 2.05) is 50.3 Å². The highest BCUT2D eigenvalue weighted by atomic mass is 14.1. The Morgan fingerprint density at radius 1 is 0.130 bits per heavy atom. The Labute approximate surface area is 735 Å². The summed E-state index contributed by atoms with van der Waals surface area (Å²) in [6.07, 6.45) is 39.8. The van der Waals surface area contributed by atoms with Crippen LogP contribution in [-0.2, 0) is 0 Å². The third-order valence-electron chi connectivity index (χ3n) is 19.7. The first-order chi connectivity index (χ1) is 58.7. The summed E-state index contributed by atoms with van der Waals surface area (Å²) in [4.78, 5) is 0. The van der Waals surface area contributed by atoms with Crippen molar-refractivity contribution in [2.24, 2.45) is 0 Å². The summed E-state index contributed by atoms with van der Waals surface area (Å²) in [5, 5.41) is 24.4. The number of rotatable bonds is 11. The van der Waals surface area contributed by atoms with Crippen LogP contribution in [0, 0.1) is 0 Å². The maximum absolute atomic E-state index is 3.71. The lowest BCUT2D eigenvalue weighted by Gasteiger charge is -2.00. The SMILES string of the molecule is C.C.C.C=Cc1cc(C=C)cc(C=C)c1.CC.CC=Cc1cc2ccc3cc(C=CC)cc(ccc4cc(C=CC)cc(ccc5cc6ccc7cc(C=CC)cc(ccc8cc(C=CC)cc(ccc9cc(C=CC)cc(ccc%10cc(C=CC)cc(ccc%11cc(ccc%12cc(C=CC)cc(ccc(c1)c2)c%12)cc(ccc(c5)c6)c%11)c%10)c9)c8)c7)c4)c3. The van der Waals surface area contributed by atoms with E-state index >= 15 is 0 Å². The molecule has 0 spiro atoms. The van der Waals surface area contributed by atoms with Crippen molar-refractivity contribution < 1.29 is 0 Å². The molecule has 0 aliphatic heterocycles. The Kier molecular flexibility index (Phi) is 37.3. The Morgan fingerprint density at radius 3 is 0.285 bits per heavy atom. The van der Waals surface area contributed by atoms with Crippen LogP contribution in [0.2, 0.25) is 0 Å². The first-order valence-electron chi connectivity index (χ1n) is 41.8. The molecule has 0 amide bonds. The summed E-state index contributed by atoms with van der Waals surface area (Å²) in [7, 11) is 0. The second-order valence-electron chi connectivity index (χ2n) is 29.5. The lowest BCUT2D eigenvalue weighted by Crippen LogP contribution is -1.79. The van der Waals surface area contributed by atoms with Gasteiger partial charge in [0.05, 0.1) is 0 Å². The van der Waals surface area contributed by atoms with Gasteiger partial charge in [0.2, 0.25) is 0 Å². The Morgan fingerprint density at radius 2 is 0.211 bits per heavy atom. The highest BCUT2D eigenvalue weighted by Gasteiger charge is 2.02. The third kappa shape index (κ3) is 29.3. The van der Waals surface area contributed by atoms with Crippen LogP contribution in [0.3, 0.4) is 0 Å². The number of hydrogen-bond donors (Lipinski definition) is 0. The minimum atomic E-state index is 0. The molecule has 0 nitrogen and oxygen atoms in total. The molecule has 0 atom stereocenters. The maximum Gasteiger partial charge on any atom is -0.0245 e. The normalized spacial score (nSPS) is 11.0. The molecule has 0 aromatic heterocycles. The molecule has 0 unspecified atom stereocenters. The molecule has 0 N–H and O–H groups in total. The van der Waals surface area contributed by atoms with E-state index in [1.165, 1.54) is 0 Å². The Balaban J connectivity index is 0.00000101. The summed E-state index contributed by atoms with van der Waals surface area (Å²) in [5.74, 6) is 0. The Bertz CT molecular complexity index is 6080. The second-order valence-corrected chi connectivity index (χ2v) is 29.5. The molecule has 0 saturated carbocycles. The fourth-order valence-electron chi connectivity index (χ4n) is 14.6. The van der Waals surface area contributed by atoms with Crippen molar-refractivity contribution in [2.75, 3.05) is 0 Å². The lowest BCUT2D eigenvalue weighted by atomic mass is 10.1. The first kappa shape index (κ1) is 94.2. The fourth-order valence-corrected chi connectivity index (χ4v) is 14.6. The van der Waals surface area contributed by atoms with Crippen molar-refractivity contribution in [3.05, 3.63) is 463 Å². The molecule has 22 bridgehead atoms. The average Bonchev–Trinajstić information content (AvgIpc) is 0.832. The standard InChI is InChI=1S/C106H92.C12H12.C2H6.3CH4/c1-9-17-77-47-85-25-26-86-48-78(18-10-2)52-90(64-86)30-34-94-56-82(22-14-6)60-98(68-94)38-43-103-72-104-44-40-100-62-84(24-16-8)58-96(70-100)36-32-92-54-80(20-12-4)50-88(66-92)28-27-87-49-79(19-11-3)53-91(65-87)31-35-95-57-83(23-15-7)61-99(69-95)39-42-102-71-101(73-105(74-102)45-46-106(75-103)76-104)41-37-97-59-81(21-13-5)55-93(67-97)33-29-89(51-77)63-85;1-4-10-7-11(5-2)9-12(6-3)8-10;1-2;;;/h9-76H,1-8H3;4-9H,1-3H2;1-2H3;3*1H4. The van der Waals surface area contributed by atoms with E-state index in [2.05, 4.69) is 488 Å². The van der Waals surface area contributed by atoms with Gasteiger partial charge >= 0.3 is 0 Å². The van der Waals surface area contributed by atoms with Crippen molar-refractivity contribution >= 4 is 185 Å². The van der Waals surface area contributed by atoms with Gasteiger partial charge in [0.25, 0.3) is 0 Å². The van der Waals surface area contributed by atoms with E-state index in [1.54, 1.807) is 0 Å². The molecular weight excluding hydrogens is 1480 g/mol. The van der Waals surface area contributed by atoms with Crippen molar-refractivity contribution in [1.82, 2.24) is 0 Å². The quantitative estimate of drug-likeness (QED) is 0.121. The van der Waals surface area contributed by atoms with Crippen LogP contribution >= 0.6 is 0 Å². The highest BCUT2D eigenvalue weighted by Crippen LogP contribution is 2.26. The largest absolute Gasteiger partial charge is 0.0985 e. The van der Waals surface area contributed by atoms with Gasteiger partial charge < -0.3 is 0 Å². The molecule has 123 heavy (non-hydrogen) atoms. The molecule has 0 aliphatic carbocycles. The number of benzene rings is 11. The van der Waals surface area contributed by atoms with E-state index in [9.17, 15) is 0 Å². The number of fused-ring (bicyclic) bond motifs is 21. The van der Waals surface area contributed by atoms with Gasteiger partial charge in [-0.15, -0.1) is 0 Å². The smallest absolute Gasteiger partial charge is 0.0245 e. The molecule has 0 saturated heterocycles. The van der Waals surface area contributed by atoms with Crippen molar-refractivity contribution in [3.8, 4) is 0 Å². The summed E-state index contributed by atoms with van der Waals surface area (Å²) in [5.41, 5.74) is 12.4. The van der Waals surface area contributed by atoms with E-state index < -0.39 is 0 Å². The monoisotopic (exact) mass is 1600 g/mol. The molecule has 0 heteroatoms. The maximum atomic E-state index is 3.71. The zero-order valence-electron chi connectivity index (χ0n) is 71.3. The van der Waals surface area contributed by atoms with Crippen LogP contribution in [0.15, 0.2) is 402 Å². The number of hydrogen-bond acceptors (Lipinski definition) is 0. The van der Waals surface area contributed by atoms with Gasteiger partial charge in [-0.25, -0.2) is 0 Å². The van der Waals surface area contributed by atoms with Crippen LogP contribution in [0.5, 0.6) is 0 Å². The van der Waals surface area contributed by atoms with Crippen LogP contribution in [0.4, 0.5) is 0 Å². The molecule has 614 valence electrons. The van der Waals surface area contributed by atoms with Gasteiger partial charge in [0, 0.05) is 0 Å². The number of allylic oxidation sites excluding steroid dienone is 8. The summed E-state index contributed by atoms with van der Waals surface area (Å²) >= 11 is 0. The van der Waals surface area contributed by atoms with E-state index in [4.69, 9.17) is 0 Å². The van der Waals surface area contributed by atoms with Crippen molar-refractivity contribution in [3.63, 3.8) is 0 Å². The van der Waals surface area contributed by atoms with Gasteiger partial charge in [-0.3, -0.25) is 0 Å². The predicted octanol–water partition coefficient (Wildman–Crippen LogP) is 38.2. The van der Waals surface area contributed by atoms with E-state index in [-0.39, 0.29) is 22.3 Å². The summed E-state index contributed by atoms with van der Waals surface area (Å²) in [6, 6.07) is 124. The molecule has 0 aliphatic rings. The van der Waals surface area contributed by atoms with Gasteiger partial charge in [0.15, 0.2) is 0 Å². The van der Waals surface area contributed by atoms with Gasteiger partial charge in [-0.2, -0.15) is 0 Å². The van der Waals surface area contributed by atoms with Gasteiger partial charge in [-0.05, 0) is 435 Å². The van der Waals surface area contributed by atoms with E-state index in [0.29, 0.717) is 0 Å². The van der Waals surface area contributed by atoms with Crippen LogP contribution in [0.25, 0.3) is 185 Å². The zero-order chi connectivity index (χ0) is 84.4. The predicted molar refractivity (Wildman–Crippen MR) is 566 cm³/mol. The second kappa shape index (κ2) is 48.7. The Hall–Kier alpha value is -14.3. The third-order valence-corrected chi connectivity index (χ3v) is 19.7. The molecule has 13 aromatic rings. The van der Waals surface area contributed by atoms with Crippen LogP contribution < -0.4 is 0 Å². The molecule has 0 fully saturated rings. The molecule has 13 rings (SSSR count). The molecular formula is C123H122. The zero-order valence-corrected chi connectivity index (χ0v) is 71.3.